The Hall–Kier alpha value is -6.90. The number of hydrogen-bond donors (Lipinski definition) is 0. The van der Waals surface area contributed by atoms with Gasteiger partial charge in [-0.05, 0) is 133 Å². The molecule has 2 aromatic heterocycles. The molecule has 2 nitrogen and oxygen atoms in total. The molecule has 8 rings (SSSR count). The van der Waals surface area contributed by atoms with E-state index in [-0.39, 0.29) is 0 Å². The summed E-state index contributed by atoms with van der Waals surface area (Å²) < 4.78 is 4.85. The summed E-state index contributed by atoms with van der Waals surface area (Å²) in [5.74, 6) is 0. The molecular weight excluding hydrogens is 689 g/mol. The lowest BCUT2D eigenvalue weighted by atomic mass is 9.97. The van der Waals surface area contributed by atoms with E-state index >= 15 is 0 Å². The number of para-hydroxylation sites is 1. The highest BCUT2D eigenvalue weighted by molar-refractivity contribution is 6.10. The maximum Gasteiger partial charge on any atom is 0.0547 e. The minimum atomic E-state index is 0.858. The molecule has 0 radical (unpaired) electrons. The Kier molecular flexibility index (Phi) is 10.7. The maximum absolute atomic E-state index is 4.19. The molecule has 57 heavy (non-hydrogen) atoms. The molecule has 8 aromatic rings. The second kappa shape index (κ2) is 16.5. The van der Waals surface area contributed by atoms with E-state index in [0.29, 0.717) is 0 Å². The van der Waals surface area contributed by atoms with Gasteiger partial charge in [-0.3, -0.25) is 0 Å². The van der Waals surface area contributed by atoms with Crippen molar-refractivity contribution in [1.82, 2.24) is 9.13 Å². The van der Waals surface area contributed by atoms with E-state index in [2.05, 4.69) is 225 Å². The standard InChI is InChI=1S/C55H48N2/c1-6-10-23-41(9-4)45-34-46(42-24-15-12-16-25-42)36-48(35-45)57-53-27-18-17-26-49(53)50-32-29-44(38-55(50)57)43-30-33-54-51(37-43)39(5)52(20-8-3)56(54)47(19-7-2)31-28-40-21-13-11-14-22-40/h6-27,29-38H,4,28H2,1-3,5H3/b10-6-,19-7-,20-8-,41-23+,47-31+. The third-order valence-electron chi connectivity index (χ3n) is 10.9. The molecular formula is C55H48N2. The van der Waals surface area contributed by atoms with Crippen LogP contribution in [-0.4, -0.2) is 9.13 Å². The zero-order valence-electron chi connectivity index (χ0n) is 33.3. The average Bonchev–Trinajstić information content (AvgIpc) is 3.73. The van der Waals surface area contributed by atoms with Gasteiger partial charge >= 0.3 is 0 Å². The largest absolute Gasteiger partial charge is 0.310 e. The van der Waals surface area contributed by atoms with E-state index in [9.17, 15) is 0 Å². The van der Waals surface area contributed by atoms with Crippen molar-refractivity contribution in [3.8, 4) is 27.9 Å². The van der Waals surface area contributed by atoms with Crippen LogP contribution in [0.15, 0.2) is 195 Å². The zero-order valence-corrected chi connectivity index (χ0v) is 33.3. The van der Waals surface area contributed by atoms with Crippen molar-refractivity contribution in [2.75, 3.05) is 0 Å². The number of fused-ring (bicyclic) bond motifs is 4. The maximum atomic E-state index is 4.19. The van der Waals surface area contributed by atoms with Crippen LogP contribution >= 0.6 is 0 Å². The number of aromatic nitrogens is 2. The Bertz CT molecular complexity index is 2900. The summed E-state index contributed by atoms with van der Waals surface area (Å²) in [5, 5.41) is 3.71. The molecule has 0 fully saturated rings. The lowest BCUT2D eigenvalue weighted by Crippen LogP contribution is -1.99. The number of aryl methyl sites for hydroxylation is 1. The van der Waals surface area contributed by atoms with E-state index in [1.54, 1.807) is 0 Å². The van der Waals surface area contributed by atoms with Crippen molar-refractivity contribution in [2.24, 2.45) is 0 Å². The van der Waals surface area contributed by atoms with Crippen LogP contribution in [-0.2, 0) is 6.42 Å². The van der Waals surface area contributed by atoms with Gasteiger partial charge in [-0.25, -0.2) is 0 Å². The van der Waals surface area contributed by atoms with Gasteiger partial charge in [-0.1, -0.05) is 146 Å². The first-order valence-corrected chi connectivity index (χ1v) is 19.9. The van der Waals surface area contributed by atoms with Gasteiger partial charge in [-0.15, -0.1) is 0 Å². The smallest absolute Gasteiger partial charge is 0.0547 e. The highest BCUT2D eigenvalue weighted by Crippen LogP contribution is 2.39. The fourth-order valence-corrected chi connectivity index (χ4v) is 8.14. The molecule has 0 atom stereocenters. The second-order valence-electron chi connectivity index (χ2n) is 14.5. The second-order valence-corrected chi connectivity index (χ2v) is 14.5. The van der Waals surface area contributed by atoms with Gasteiger partial charge in [0.1, 0.15) is 0 Å². The molecule has 0 saturated carbocycles. The van der Waals surface area contributed by atoms with Gasteiger partial charge in [0.25, 0.3) is 0 Å². The van der Waals surface area contributed by atoms with Crippen LogP contribution in [0.2, 0.25) is 0 Å². The third kappa shape index (κ3) is 7.19. The predicted molar refractivity (Wildman–Crippen MR) is 249 cm³/mol. The van der Waals surface area contributed by atoms with E-state index in [4.69, 9.17) is 0 Å². The average molecular weight is 737 g/mol. The van der Waals surface area contributed by atoms with Gasteiger partial charge < -0.3 is 9.13 Å². The SMILES string of the molecule is C=C/C(=C\C=C/C)c1cc(-c2ccccc2)cc(-n2c3ccccc3c3ccc(-c4ccc5c(c4)c(C)c(/C=C\C)n5C(/C=C\C)=C/Cc4ccccc4)cc32)c1. The van der Waals surface area contributed by atoms with Crippen LogP contribution in [0.5, 0.6) is 0 Å². The van der Waals surface area contributed by atoms with Crippen molar-refractivity contribution >= 4 is 50.1 Å². The molecule has 0 aliphatic heterocycles. The molecule has 2 heterocycles. The molecule has 0 amide bonds. The molecule has 0 N–H and O–H groups in total. The summed E-state index contributed by atoms with van der Waals surface area (Å²) in [6, 6.07) is 50.9. The Labute approximate surface area is 337 Å². The molecule has 0 aliphatic rings. The normalized spacial score (nSPS) is 12.7. The van der Waals surface area contributed by atoms with Crippen LogP contribution in [0, 0.1) is 6.92 Å². The fraction of sp³-hybridized carbons (Fsp3) is 0.0909. The van der Waals surface area contributed by atoms with Crippen molar-refractivity contribution < 1.29 is 0 Å². The minimum absolute atomic E-state index is 0.858. The Morgan fingerprint density at radius 2 is 1.32 bits per heavy atom. The Morgan fingerprint density at radius 3 is 2.07 bits per heavy atom. The number of rotatable bonds is 11. The van der Waals surface area contributed by atoms with Gasteiger partial charge in [0.15, 0.2) is 0 Å². The lowest BCUT2D eigenvalue weighted by molar-refractivity contribution is 1.12. The van der Waals surface area contributed by atoms with Gasteiger partial charge in [0.05, 0.1) is 16.6 Å². The highest BCUT2D eigenvalue weighted by atomic mass is 15.0. The van der Waals surface area contributed by atoms with Gasteiger partial charge in [-0.2, -0.15) is 0 Å². The minimum Gasteiger partial charge on any atom is -0.310 e. The quantitative estimate of drug-likeness (QED) is 0.117. The monoisotopic (exact) mass is 736 g/mol. The van der Waals surface area contributed by atoms with Crippen molar-refractivity contribution in [1.29, 1.82) is 0 Å². The molecule has 278 valence electrons. The first-order valence-electron chi connectivity index (χ1n) is 19.9. The van der Waals surface area contributed by atoms with Crippen LogP contribution in [0.1, 0.15) is 43.2 Å². The molecule has 2 heteroatoms. The highest BCUT2D eigenvalue weighted by Gasteiger charge is 2.18. The molecule has 6 aromatic carbocycles. The van der Waals surface area contributed by atoms with Gasteiger partial charge in [0.2, 0.25) is 0 Å². The van der Waals surface area contributed by atoms with Crippen LogP contribution in [0.4, 0.5) is 0 Å². The van der Waals surface area contributed by atoms with E-state index in [1.165, 1.54) is 71.9 Å². The zero-order chi connectivity index (χ0) is 39.3. The summed E-state index contributed by atoms with van der Waals surface area (Å²) in [7, 11) is 0. The molecule has 0 saturated heterocycles. The first-order chi connectivity index (χ1) is 28.0. The summed E-state index contributed by atoms with van der Waals surface area (Å²) >= 11 is 0. The number of nitrogens with zero attached hydrogens (tertiary/aromatic N) is 2. The van der Waals surface area contributed by atoms with E-state index in [0.717, 1.165) is 28.8 Å². The van der Waals surface area contributed by atoms with Crippen molar-refractivity contribution in [3.63, 3.8) is 0 Å². The van der Waals surface area contributed by atoms with Crippen molar-refractivity contribution in [2.45, 2.75) is 34.1 Å². The number of hydrogen-bond acceptors (Lipinski definition) is 0. The van der Waals surface area contributed by atoms with Crippen LogP contribution < -0.4 is 0 Å². The van der Waals surface area contributed by atoms with E-state index < -0.39 is 0 Å². The van der Waals surface area contributed by atoms with Gasteiger partial charge in [0, 0.05) is 33.2 Å². The Balaban J connectivity index is 1.32. The summed E-state index contributed by atoms with van der Waals surface area (Å²) in [4.78, 5) is 0. The first kappa shape index (κ1) is 37.0. The summed E-state index contributed by atoms with van der Waals surface area (Å²) in [6.45, 7) is 12.7. The summed E-state index contributed by atoms with van der Waals surface area (Å²) in [5.41, 5.74) is 16.5. The number of benzene rings is 6. The predicted octanol–water partition coefficient (Wildman–Crippen LogP) is 15.2. The van der Waals surface area contributed by atoms with Crippen molar-refractivity contribution in [3.05, 3.63) is 217 Å². The Morgan fingerprint density at radius 1 is 0.596 bits per heavy atom. The molecule has 0 aliphatic carbocycles. The third-order valence-corrected chi connectivity index (χ3v) is 10.9. The topological polar surface area (TPSA) is 9.86 Å². The fourth-order valence-electron chi connectivity index (χ4n) is 8.14. The van der Waals surface area contributed by atoms with Crippen LogP contribution in [0.25, 0.3) is 78.0 Å². The van der Waals surface area contributed by atoms with E-state index in [1.807, 2.05) is 13.0 Å². The molecule has 0 spiro atoms. The summed E-state index contributed by atoms with van der Waals surface area (Å²) in [6.07, 6.45) is 20.2. The molecule has 0 unspecified atom stereocenters. The van der Waals surface area contributed by atoms with Crippen LogP contribution in [0.3, 0.4) is 0 Å². The lowest BCUT2D eigenvalue weighted by Gasteiger charge is -2.15. The molecule has 0 bridgehead atoms. The number of allylic oxidation sites excluding steroid dienone is 10.